The van der Waals surface area contributed by atoms with E-state index in [4.69, 9.17) is 11.6 Å². The number of H-pyrrole nitrogens is 1. The second-order valence-corrected chi connectivity index (χ2v) is 7.79. The number of hydrogen-bond acceptors (Lipinski definition) is 5. The molecule has 0 radical (unpaired) electrons. The molecular weight excluding hydrogens is 431 g/mol. The van der Waals surface area contributed by atoms with E-state index in [0.717, 1.165) is 18.9 Å². The van der Waals surface area contributed by atoms with Gasteiger partial charge >= 0.3 is 0 Å². The van der Waals surface area contributed by atoms with Gasteiger partial charge in [0.25, 0.3) is 0 Å². The van der Waals surface area contributed by atoms with Gasteiger partial charge in [0.2, 0.25) is 0 Å². The second-order valence-electron chi connectivity index (χ2n) is 7.38. The molecule has 9 heteroatoms. The van der Waals surface area contributed by atoms with Crippen LogP contribution in [0.4, 0.5) is 10.1 Å². The molecule has 3 N–H and O–H groups in total. The SMILES string of the molecule is CN(CCc1nc2nccc(C(=Nc3ccc(F)c(Cl)c3)NO)c2[nH]1)Cc1ccccc1. The van der Waals surface area contributed by atoms with E-state index in [9.17, 15) is 9.60 Å². The summed E-state index contributed by atoms with van der Waals surface area (Å²) in [4.78, 5) is 18.7. The van der Waals surface area contributed by atoms with Gasteiger partial charge in [-0.15, -0.1) is 0 Å². The maximum atomic E-state index is 13.4. The first-order valence-corrected chi connectivity index (χ1v) is 10.4. The minimum atomic E-state index is -0.536. The molecule has 2 aromatic carbocycles. The Morgan fingerprint density at radius 2 is 2.03 bits per heavy atom. The Labute approximate surface area is 189 Å². The number of imidazole rings is 1. The maximum Gasteiger partial charge on any atom is 0.178 e. The lowest BCUT2D eigenvalue weighted by atomic mass is 10.2. The molecule has 4 rings (SSSR count). The normalized spacial score (nSPS) is 12.0. The van der Waals surface area contributed by atoms with Crippen LogP contribution in [0.2, 0.25) is 5.02 Å². The minimum Gasteiger partial charge on any atom is -0.340 e. The van der Waals surface area contributed by atoms with Crippen molar-refractivity contribution >= 4 is 34.3 Å². The summed E-state index contributed by atoms with van der Waals surface area (Å²) in [6.45, 7) is 1.65. The zero-order chi connectivity index (χ0) is 22.5. The molecule has 2 heterocycles. The van der Waals surface area contributed by atoms with Crippen LogP contribution in [0.1, 0.15) is 17.0 Å². The molecular formula is C23H22ClFN6O. The Hall–Kier alpha value is -3.33. The topological polar surface area (TPSA) is 89.4 Å². The number of hydrogen-bond donors (Lipinski definition) is 3. The van der Waals surface area contributed by atoms with Crippen molar-refractivity contribution in [2.45, 2.75) is 13.0 Å². The summed E-state index contributed by atoms with van der Waals surface area (Å²) in [5.74, 6) is 0.407. The molecule has 0 aliphatic rings. The third-order valence-electron chi connectivity index (χ3n) is 4.97. The number of aromatic nitrogens is 3. The Morgan fingerprint density at radius 1 is 1.22 bits per heavy atom. The molecule has 164 valence electrons. The van der Waals surface area contributed by atoms with Crippen molar-refractivity contribution in [2.24, 2.45) is 4.99 Å². The van der Waals surface area contributed by atoms with Gasteiger partial charge in [0.05, 0.1) is 16.2 Å². The van der Waals surface area contributed by atoms with Gasteiger partial charge in [-0.25, -0.2) is 19.4 Å². The van der Waals surface area contributed by atoms with Crippen molar-refractivity contribution in [3.63, 3.8) is 0 Å². The van der Waals surface area contributed by atoms with Crippen LogP contribution in [0.5, 0.6) is 0 Å². The van der Waals surface area contributed by atoms with Crippen molar-refractivity contribution in [3.8, 4) is 0 Å². The van der Waals surface area contributed by atoms with Crippen LogP contribution in [-0.4, -0.2) is 44.5 Å². The molecule has 7 nitrogen and oxygen atoms in total. The number of likely N-dealkylation sites (N-methyl/N-ethyl adjacent to an activating group) is 1. The highest BCUT2D eigenvalue weighted by Crippen LogP contribution is 2.23. The summed E-state index contributed by atoms with van der Waals surface area (Å²) in [7, 11) is 2.06. The zero-order valence-electron chi connectivity index (χ0n) is 17.4. The number of aliphatic imine (C=N–C) groups is 1. The van der Waals surface area contributed by atoms with Crippen LogP contribution in [0, 0.1) is 5.82 Å². The largest absolute Gasteiger partial charge is 0.340 e. The number of hydroxylamine groups is 1. The molecule has 0 atom stereocenters. The third kappa shape index (κ3) is 5.11. The summed E-state index contributed by atoms with van der Waals surface area (Å²) in [5, 5.41) is 9.65. The molecule has 32 heavy (non-hydrogen) atoms. The Kier molecular flexibility index (Phi) is 6.75. The summed E-state index contributed by atoms with van der Waals surface area (Å²) in [6.07, 6.45) is 2.29. The summed E-state index contributed by atoms with van der Waals surface area (Å²) in [6, 6.07) is 16.1. The number of pyridine rings is 1. The molecule has 0 unspecified atom stereocenters. The average Bonchev–Trinajstić information content (AvgIpc) is 3.22. The molecule has 4 aromatic rings. The minimum absolute atomic E-state index is 0.0492. The molecule has 0 saturated carbocycles. The van der Waals surface area contributed by atoms with Gasteiger partial charge in [0.15, 0.2) is 11.5 Å². The number of fused-ring (bicyclic) bond motifs is 1. The van der Waals surface area contributed by atoms with Gasteiger partial charge < -0.3 is 9.88 Å². The first-order chi connectivity index (χ1) is 15.5. The standard InChI is InChI=1S/C23H22ClFN6O/c1-31(14-15-5-3-2-4-6-15)12-10-20-28-21-17(9-11-26-23(21)29-20)22(30-32)27-16-7-8-19(25)18(24)13-16/h2-9,11,13,32H,10,12,14H2,1H3,(H,27,30)(H,26,28,29). The third-order valence-corrected chi connectivity index (χ3v) is 5.26. The van der Waals surface area contributed by atoms with Gasteiger partial charge in [-0.3, -0.25) is 10.7 Å². The van der Waals surface area contributed by atoms with E-state index in [1.807, 2.05) is 18.2 Å². The highest BCUT2D eigenvalue weighted by Gasteiger charge is 2.14. The maximum absolute atomic E-state index is 13.4. The van der Waals surface area contributed by atoms with Crippen molar-refractivity contribution < 1.29 is 9.60 Å². The Bertz CT molecular complexity index is 1240. The monoisotopic (exact) mass is 452 g/mol. The number of amidine groups is 1. The number of nitrogens with zero attached hydrogens (tertiary/aromatic N) is 4. The highest BCUT2D eigenvalue weighted by atomic mass is 35.5. The fraction of sp³-hybridized carbons (Fsp3) is 0.174. The Balaban J connectivity index is 1.54. The van der Waals surface area contributed by atoms with Crippen molar-refractivity contribution in [1.82, 2.24) is 25.3 Å². The van der Waals surface area contributed by atoms with Gasteiger partial charge in [-0.05, 0) is 36.9 Å². The van der Waals surface area contributed by atoms with Crippen LogP contribution in [0.3, 0.4) is 0 Å². The molecule has 0 spiro atoms. The lowest BCUT2D eigenvalue weighted by Crippen LogP contribution is -2.21. The van der Waals surface area contributed by atoms with E-state index in [0.29, 0.717) is 28.8 Å². The van der Waals surface area contributed by atoms with Crippen molar-refractivity contribution in [2.75, 3.05) is 13.6 Å². The quantitative estimate of drug-likeness (QED) is 0.218. The number of nitrogens with one attached hydrogen (secondary N) is 2. The first kappa shape index (κ1) is 21.9. The van der Waals surface area contributed by atoms with Gasteiger partial charge in [0, 0.05) is 31.3 Å². The van der Waals surface area contributed by atoms with Gasteiger partial charge in [-0.2, -0.15) is 0 Å². The fourth-order valence-corrected chi connectivity index (χ4v) is 3.55. The van der Waals surface area contributed by atoms with Crippen molar-refractivity contribution in [3.05, 3.63) is 88.6 Å². The van der Waals surface area contributed by atoms with E-state index in [-0.39, 0.29) is 10.9 Å². The molecule has 0 saturated heterocycles. The molecule has 0 amide bonds. The van der Waals surface area contributed by atoms with E-state index in [2.05, 4.69) is 49.5 Å². The first-order valence-electron chi connectivity index (χ1n) is 10.0. The van der Waals surface area contributed by atoms with Gasteiger partial charge in [0.1, 0.15) is 11.6 Å². The Morgan fingerprint density at radius 3 is 2.78 bits per heavy atom. The zero-order valence-corrected chi connectivity index (χ0v) is 18.1. The predicted molar refractivity (Wildman–Crippen MR) is 123 cm³/mol. The number of aromatic amines is 1. The van der Waals surface area contributed by atoms with Crippen LogP contribution in [-0.2, 0) is 13.0 Å². The molecule has 0 aliphatic carbocycles. The van der Waals surface area contributed by atoms with Crippen LogP contribution in [0.15, 0.2) is 65.8 Å². The summed E-state index contributed by atoms with van der Waals surface area (Å²) >= 11 is 5.84. The summed E-state index contributed by atoms with van der Waals surface area (Å²) in [5.41, 5.74) is 5.48. The summed E-state index contributed by atoms with van der Waals surface area (Å²) < 4.78 is 13.4. The average molecular weight is 453 g/mol. The van der Waals surface area contributed by atoms with E-state index in [1.54, 1.807) is 12.3 Å². The molecule has 2 aromatic heterocycles. The van der Waals surface area contributed by atoms with Crippen LogP contribution >= 0.6 is 11.6 Å². The number of benzene rings is 2. The van der Waals surface area contributed by atoms with Crippen LogP contribution < -0.4 is 5.48 Å². The predicted octanol–water partition coefficient (Wildman–Crippen LogP) is 4.48. The molecule has 0 bridgehead atoms. The van der Waals surface area contributed by atoms with E-state index < -0.39 is 5.82 Å². The second kappa shape index (κ2) is 9.86. The fourth-order valence-electron chi connectivity index (χ4n) is 3.37. The molecule has 0 aliphatic heterocycles. The van der Waals surface area contributed by atoms with E-state index in [1.165, 1.54) is 23.8 Å². The van der Waals surface area contributed by atoms with Crippen molar-refractivity contribution in [1.29, 1.82) is 0 Å². The van der Waals surface area contributed by atoms with Gasteiger partial charge in [-0.1, -0.05) is 41.9 Å². The lowest BCUT2D eigenvalue weighted by molar-refractivity contribution is 0.235. The highest BCUT2D eigenvalue weighted by molar-refractivity contribution is 6.31. The number of rotatable bonds is 7. The smallest absolute Gasteiger partial charge is 0.178 e. The van der Waals surface area contributed by atoms with Crippen LogP contribution in [0.25, 0.3) is 11.2 Å². The number of halogens is 2. The lowest BCUT2D eigenvalue weighted by Gasteiger charge is -2.15. The molecule has 0 fully saturated rings. The van der Waals surface area contributed by atoms with E-state index >= 15 is 0 Å².